The van der Waals surface area contributed by atoms with Crippen molar-refractivity contribution in [1.29, 1.82) is 0 Å². The molecule has 1 spiro atoms. The number of halogens is 1. The average molecular weight is 533 g/mol. The quantitative estimate of drug-likeness (QED) is 0.431. The highest BCUT2D eigenvalue weighted by atomic mass is 35.5. The molecular formula is C30H29ClN2O5. The van der Waals surface area contributed by atoms with Gasteiger partial charge in [-0.3, -0.25) is 9.59 Å². The Kier molecular flexibility index (Phi) is 6.19. The number of hydrogen-bond acceptors (Lipinski definition) is 5. The van der Waals surface area contributed by atoms with E-state index in [1.54, 1.807) is 0 Å². The molecular weight excluding hydrogens is 504 g/mol. The Hall–Kier alpha value is -3.71. The predicted molar refractivity (Wildman–Crippen MR) is 144 cm³/mol. The summed E-state index contributed by atoms with van der Waals surface area (Å²) >= 11 is 6.03. The molecule has 3 aliphatic heterocycles. The zero-order valence-electron chi connectivity index (χ0n) is 21.3. The van der Waals surface area contributed by atoms with Crippen LogP contribution in [0.25, 0.3) is 0 Å². The molecule has 6 rings (SSSR count). The van der Waals surface area contributed by atoms with E-state index in [1.165, 1.54) is 0 Å². The summed E-state index contributed by atoms with van der Waals surface area (Å²) in [7, 11) is 0. The van der Waals surface area contributed by atoms with E-state index < -0.39 is 5.41 Å². The minimum absolute atomic E-state index is 0.0242. The number of rotatable bonds is 7. The van der Waals surface area contributed by atoms with Crippen molar-refractivity contribution in [1.82, 2.24) is 5.32 Å². The number of carbonyl (C=O) groups excluding carboxylic acids is 2. The third-order valence-corrected chi connectivity index (χ3v) is 7.93. The van der Waals surface area contributed by atoms with Gasteiger partial charge in [0.1, 0.15) is 17.8 Å². The second-order valence-electron chi connectivity index (χ2n) is 10.3. The van der Waals surface area contributed by atoms with Crippen LogP contribution < -0.4 is 24.4 Å². The Morgan fingerprint density at radius 2 is 1.74 bits per heavy atom. The Balaban J connectivity index is 1.18. The van der Waals surface area contributed by atoms with Crippen molar-refractivity contribution in [3.05, 3.63) is 82.4 Å². The first kappa shape index (κ1) is 24.6. The first-order chi connectivity index (χ1) is 18.4. The number of nitrogens with one attached hydrogen (secondary N) is 1. The molecule has 2 atom stereocenters. The van der Waals surface area contributed by atoms with Crippen LogP contribution in [-0.2, 0) is 15.0 Å². The molecule has 7 nitrogen and oxygen atoms in total. The Bertz CT molecular complexity index is 1410. The highest BCUT2D eigenvalue weighted by molar-refractivity contribution is 6.30. The van der Waals surface area contributed by atoms with Gasteiger partial charge in [-0.15, -0.1) is 0 Å². The SMILES string of the molecule is CC(C)C(C(=O)NCCCN1C(=O)C2(COc3cc4c(cc32)OCO4)c2ccccc21)c1ccc(Cl)cc1. The Morgan fingerprint density at radius 3 is 2.50 bits per heavy atom. The lowest BCUT2D eigenvalue weighted by atomic mass is 9.77. The lowest BCUT2D eigenvalue weighted by Gasteiger charge is -2.24. The van der Waals surface area contributed by atoms with E-state index in [0.717, 1.165) is 22.4 Å². The standard InChI is InChI=1S/C30H29ClN2O5/c1-18(2)27(19-8-10-20(31)11-9-19)28(34)32-12-5-13-33-23-7-4-3-6-21(23)30(29(33)35)16-36-24-15-26-25(14-22(24)30)37-17-38-26/h3-4,6-11,14-15,18,27H,5,12-13,16-17H2,1-2H3,(H,32,34). The maximum Gasteiger partial charge on any atom is 0.245 e. The molecule has 0 radical (unpaired) electrons. The molecule has 196 valence electrons. The van der Waals surface area contributed by atoms with Crippen molar-refractivity contribution in [3.8, 4) is 17.2 Å². The monoisotopic (exact) mass is 532 g/mol. The van der Waals surface area contributed by atoms with Gasteiger partial charge in [-0.05, 0) is 47.7 Å². The molecule has 3 aromatic rings. The summed E-state index contributed by atoms with van der Waals surface area (Å²) in [5.74, 6) is 1.70. The smallest absolute Gasteiger partial charge is 0.245 e. The molecule has 0 aromatic heterocycles. The van der Waals surface area contributed by atoms with Crippen LogP contribution in [0.1, 0.15) is 42.9 Å². The fourth-order valence-electron chi connectivity index (χ4n) is 5.85. The van der Waals surface area contributed by atoms with E-state index in [4.69, 9.17) is 25.8 Å². The van der Waals surface area contributed by atoms with E-state index in [2.05, 4.69) is 5.32 Å². The second kappa shape index (κ2) is 9.55. The summed E-state index contributed by atoms with van der Waals surface area (Å²) in [5, 5.41) is 3.72. The number of para-hydroxylation sites is 1. The summed E-state index contributed by atoms with van der Waals surface area (Å²) in [6.45, 7) is 5.39. The van der Waals surface area contributed by atoms with E-state index in [9.17, 15) is 9.59 Å². The fraction of sp³-hybridized carbons (Fsp3) is 0.333. The molecule has 3 aromatic carbocycles. The predicted octanol–water partition coefficient (Wildman–Crippen LogP) is 5.04. The van der Waals surface area contributed by atoms with Crippen molar-refractivity contribution in [3.63, 3.8) is 0 Å². The average Bonchev–Trinajstić information content (AvgIpc) is 3.58. The topological polar surface area (TPSA) is 77.1 Å². The van der Waals surface area contributed by atoms with Gasteiger partial charge in [0.05, 0.1) is 5.92 Å². The van der Waals surface area contributed by atoms with Crippen LogP contribution in [0.4, 0.5) is 5.69 Å². The normalized spacial score (nSPS) is 19.5. The van der Waals surface area contributed by atoms with Crippen molar-refractivity contribution in [2.24, 2.45) is 5.92 Å². The maximum absolute atomic E-state index is 14.1. The molecule has 0 bridgehead atoms. The van der Waals surface area contributed by atoms with Crippen LogP contribution in [0.2, 0.25) is 5.02 Å². The number of anilines is 1. The molecule has 1 N–H and O–H groups in total. The van der Waals surface area contributed by atoms with E-state index in [-0.39, 0.29) is 37.0 Å². The van der Waals surface area contributed by atoms with E-state index >= 15 is 0 Å². The molecule has 0 saturated heterocycles. The van der Waals surface area contributed by atoms with Crippen LogP contribution >= 0.6 is 11.6 Å². The first-order valence-corrected chi connectivity index (χ1v) is 13.3. The van der Waals surface area contributed by atoms with Gasteiger partial charge in [0.2, 0.25) is 18.6 Å². The van der Waals surface area contributed by atoms with Gasteiger partial charge in [0.15, 0.2) is 11.5 Å². The van der Waals surface area contributed by atoms with Gasteiger partial charge in [-0.1, -0.05) is 55.8 Å². The van der Waals surface area contributed by atoms with Crippen molar-refractivity contribution in [2.45, 2.75) is 31.6 Å². The lowest BCUT2D eigenvalue weighted by molar-refractivity contribution is -0.123. The minimum atomic E-state index is -0.923. The summed E-state index contributed by atoms with van der Waals surface area (Å²) in [5.41, 5.74) is 2.62. The fourth-order valence-corrected chi connectivity index (χ4v) is 5.98. The summed E-state index contributed by atoms with van der Waals surface area (Å²) in [6.07, 6.45) is 0.613. The number of carbonyl (C=O) groups is 2. The molecule has 3 aliphatic rings. The van der Waals surface area contributed by atoms with E-state index in [0.29, 0.717) is 41.8 Å². The van der Waals surface area contributed by atoms with E-state index in [1.807, 2.05) is 79.4 Å². The lowest BCUT2D eigenvalue weighted by Crippen LogP contribution is -2.43. The maximum atomic E-state index is 14.1. The molecule has 38 heavy (non-hydrogen) atoms. The first-order valence-electron chi connectivity index (χ1n) is 12.9. The summed E-state index contributed by atoms with van der Waals surface area (Å²) < 4.78 is 17.2. The molecule has 0 saturated carbocycles. The van der Waals surface area contributed by atoms with Gasteiger partial charge in [-0.2, -0.15) is 0 Å². The number of benzene rings is 3. The minimum Gasteiger partial charge on any atom is -0.491 e. The molecule has 8 heteroatoms. The van der Waals surface area contributed by atoms with Gasteiger partial charge < -0.3 is 24.4 Å². The van der Waals surface area contributed by atoms with Crippen LogP contribution in [0.15, 0.2) is 60.7 Å². The van der Waals surface area contributed by atoms with Crippen molar-refractivity contribution in [2.75, 3.05) is 31.4 Å². The molecule has 2 unspecified atom stereocenters. The van der Waals surface area contributed by atoms with Gasteiger partial charge in [0, 0.05) is 35.4 Å². The number of nitrogens with zero attached hydrogens (tertiary/aromatic N) is 1. The third-order valence-electron chi connectivity index (χ3n) is 7.68. The largest absolute Gasteiger partial charge is 0.491 e. The molecule has 0 fully saturated rings. The highest BCUT2D eigenvalue weighted by Gasteiger charge is 2.57. The van der Waals surface area contributed by atoms with Crippen LogP contribution in [-0.4, -0.2) is 38.3 Å². The summed E-state index contributed by atoms with van der Waals surface area (Å²) in [4.78, 5) is 29.0. The number of amides is 2. The Morgan fingerprint density at radius 1 is 1.00 bits per heavy atom. The number of fused-ring (bicyclic) bond motifs is 5. The van der Waals surface area contributed by atoms with Crippen molar-refractivity contribution < 1.29 is 23.8 Å². The van der Waals surface area contributed by atoms with Gasteiger partial charge in [0.25, 0.3) is 0 Å². The molecule has 0 aliphatic carbocycles. The van der Waals surface area contributed by atoms with Gasteiger partial charge >= 0.3 is 0 Å². The zero-order chi connectivity index (χ0) is 26.4. The van der Waals surface area contributed by atoms with Crippen LogP contribution in [0.5, 0.6) is 17.2 Å². The summed E-state index contributed by atoms with van der Waals surface area (Å²) in [6, 6.07) is 19.0. The molecule has 2 amide bonds. The van der Waals surface area contributed by atoms with Crippen molar-refractivity contribution >= 4 is 29.1 Å². The zero-order valence-corrected chi connectivity index (χ0v) is 22.1. The molecule has 3 heterocycles. The third kappa shape index (κ3) is 3.88. The van der Waals surface area contributed by atoms with Gasteiger partial charge in [-0.25, -0.2) is 0 Å². The number of hydrogen-bond donors (Lipinski definition) is 1. The number of ether oxygens (including phenoxy) is 3. The van der Waals surface area contributed by atoms with Crippen LogP contribution in [0.3, 0.4) is 0 Å². The van der Waals surface area contributed by atoms with Crippen LogP contribution in [0, 0.1) is 5.92 Å². The highest BCUT2D eigenvalue weighted by Crippen LogP contribution is 2.55. The Labute approximate surface area is 226 Å². The second-order valence-corrected chi connectivity index (χ2v) is 10.7.